The zero-order chi connectivity index (χ0) is 14.0. The molecule has 7 heteroatoms. The van der Waals surface area contributed by atoms with Crippen LogP contribution < -0.4 is 34.7 Å². The SMILES string of the molecule is CCCC/C=C/C([O-])=N[C@@H](CCC(=O)O)C(=O)O.[Na+]. The van der Waals surface area contributed by atoms with Crippen LogP contribution in [0, 0.1) is 0 Å². The summed E-state index contributed by atoms with van der Waals surface area (Å²) in [5.74, 6) is -3.03. The Morgan fingerprint density at radius 3 is 2.47 bits per heavy atom. The fraction of sp³-hybridized carbons (Fsp3) is 0.583. The second kappa shape index (κ2) is 12.2. The number of aliphatic imine (C=N–C) groups is 1. The van der Waals surface area contributed by atoms with E-state index in [1.54, 1.807) is 6.08 Å². The van der Waals surface area contributed by atoms with Crippen molar-refractivity contribution in [3.63, 3.8) is 0 Å². The summed E-state index contributed by atoms with van der Waals surface area (Å²) in [7, 11) is 0. The number of allylic oxidation sites excluding steroid dienone is 1. The summed E-state index contributed by atoms with van der Waals surface area (Å²) in [6.45, 7) is 2.02. The average molecular weight is 279 g/mol. The fourth-order valence-electron chi connectivity index (χ4n) is 1.21. The first kappa shape index (κ1) is 20.5. The maximum Gasteiger partial charge on any atom is 1.00 e. The predicted octanol–water partition coefficient (Wildman–Crippen LogP) is -2.19. The summed E-state index contributed by atoms with van der Waals surface area (Å²) in [6, 6.07) is -1.29. The molecule has 0 rings (SSSR count). The largest absolute Gasteiger partial charge is 1.00 e. The number of aliphatic carboxylic acids is 2. The summed E-state index contributed by atoms with van der Waals surface area (Å²) in [6.07, 6.45) is 5.06. The van der Waals surface area contributed by atoms with E-state index in [4.69, 9.17) is 10.2 Å². The Morgan fingerprint density at radius 2 is 2.00 bits per heavy atom. The van der Waals surface area contributed by atoms with Crippen LogP contribution >= 0.6 is 0 Å². The van der Waals surface area contributed by atoms with Crippen molar-refractivity contribution in [2.24, 2.45) is 4.99 Å². The van der Waals surface area contributed by atoms with Crippen molar-refractivity contribution >= 4 is 17.8 Å². The standard InChI is InChI=1S/C12H19NO5.Na/c1-2-3-4-5-6-10(14)13-9(12(17)18)7-8-11(15)16;/h5-6,9H,2-4,7-8H2,1H3,(H,13,14)(H,15,16)(H,17,18);/q;+1/p-1/b6-5+;/t9-;/m0./s1. The molecular formula is C12H18NNaO5. The summed E-state index contributed by atoms with van der Waals surface area (Å²) in [5, 5.41) is 28.5. The van der Waals surface area contributed by atoms with Gasteiger partial charge in [-0.25, -0.2) is 4.79 Å². The molecule has 0 saturated carbocycles. The molecule has 102 valence electrons. The Bertz CT molecular complexity index is 341. The summed E-state index contributed by atoms with van der Waals surface area (Å²) < 4.78 is 0. The van der Waals surface area contributed by atoms with Gasteiger partial charge < -0.3 is 15.3 Å². The van der Waals surface area contributed by atoms with Crippen molar-refractivity contribution < 1.29 is 54.5 Å². The van der Waals surface area contributed by atoms with Crippen LogP contribution in [0.25, 0.3) is 0 Å². The van der Waals surface area contributed by atoms with Crippen LogP contribution in [0.4, 0.5) is 0 Å². The van der Waals surface area contributed by atoms with Gasteiger partial charge in [0, 0.05) is 6.42 Å². The van der Waals surface area contributed by atoms with Gasteiger partial charge in [0.1, 0.15) is 6.04 Å². The molecule has 0 fully saturated rings. The van der Waals surface area contributed by atoms with E-state index in [-0.39, 0.29) is 42.4 Å². The smallest absolute Gasteiger partial charge is 0.859 e. The van der Waals surface area contributed by atoms with Crippen LogP contribution in [-0.2, 0) is 9.59 Å². The number of carboxylic acid groups (broad SMARTS) is 2. The summed E-state index contributed by atoms with van der Waals surface area (Å²) in [5.41, 5.74) is 0. The molecule has 0 aromatic heterocycles. The van der Waals surface area contributed by atoms with Crippen molar-refractivity contribution in [2.45, 2.75) is 45.1 Å². The molecule has 0 saturated heterocycles. The Hall–Kier alpha value is -0.850. The zero-order valence-corrected chi connectivity index (χ0v) is 13.3. The van der Waals surface area contributed by atoms with Crippen molar-refractivity contribution in [2.75, 3.05) is 0 Å². The first-order chi connectivity index (χ1) is 8.47. The van der Waals surface area contributed by atoms with Crippen molar-refractivity contribution in [1.82, 2.24) is 0 Å². The van der Waals surface area contributed by atoms with Gasteiger partial charge in [-0.2, -0.15) is 0 Å². The van der Waals surface area contributed by atoms with E-state index in [0.29, 0.717) is 0 Å². The molecule has 19 heavy (non-hydrogen) atoms. The molecule has 0 aliphatic rings. The van der Waals surface area contributed by atoms with E-state index < -0.39 is 23.9 Å². The van der Waals surface area contributed by atoms with Gasteiger partial charge in [-0.15, -0.1) is 0 Å². The van der Waals surface area contributed by atoms with Gasteiger partial charge in [0.15, 0.2) is 0 Å². The van der Waals surface area contributed by atoms with E-state index in [1.165, 1.54) is 6.08 Å². The number of rotatable bonds is 9. The molecule has 0 heterocycles. The molecule has 0 bridgehead atoms. The molecule has 0 radical (unpaired) electrons. The maximum absolute atomic E-state index is 11.3. The molecule has 0 aromatic rings. The van der Waals surface area contributed by atoms with Gasteiger partial charge in [-0.05, 0) is 18.7 Å². The molecule has 0 unspecified atom stereocenters. The topological polar surface area (TPSA) is 110 Å². The Balaban J connectivity index is 0. The molecule has 0 spiro atoms. The number of nitrogens with zero attached hydrogens (tertiary/aromatic N) is 1. The van der Waals surface area contributed by atoms with Crippen molar-refractivity contribution in [3.05, 3.63) is 12.2 Å². The molecule has 1 atom stereocenters. The van der Waals surface area contributed by atoms with E-state index in [0.717, 1.165) is 19.3 Å². The van der Waals surface area contributed by atoms with Gasteiger partial charge in [0.25, 0.3) is 0 Å². The molecule has 0 aliphatic heterocycles. The normalized spacial score (nSPS) is 13.0. The molecular weight excluding hydrogens is 261 g/mol. The Labute approximate surface area is 134 Å². The Morgan fingerprint density at radius 1 is 1.37 bits per heavy atom. The second-order valence-corrected chi connectivity index (χ2v) is 3.80. The molecule has 2 N–H and O–H groups in total. The molecule has 6 nitrogen and oxygen atoms in total. The average Bonchev–Trinajstić information content (AvgIpc) is 2.29. The van der Waals surface area contributed by atoms with Crippen molar-refractivity contribution in [3.8, 4) is 0 Å². The van der Waals surface area contributed by atoms with Gasteiger partial charge in [-0.3, -0.25) is 9.79 Å². The van der Waals surface area contributed by atoms with Gasteiger partial charge in [-0.1, -0.05) is 31.9 Å². The van der Waals surface area contributed by atoms with Crippen LogP contribution in [0.5, 0.6) is 0 Å². The number of hydrogen-bond acceptors (Lipinski definition) is 4. The van der Waals surface area contributed by atoms with Crippen LogP contribution in [-0.4, -0.2) is 34.1 Å². The van der Waals surface area contributed by atoms with Crippen LogP contribution in [0.3, 0.4) is 0 Å². The summed E-state index contributed by atoms with van der Waals surface area (Å²) in [4.78, 5) is 24.5. The van der Waals surface area contributed by atoms with Crippen LogP contribution in [0.1, 0.15) is 39.0 Å². The van der Waals surface area contributed by atoms with Crippen molar-refractivity contribution in [1.29, 1.82) is 0 Å². The van der Waals surface area contributed by atoms with E-state index in [9.17, 15) is 14.7 Å². The molecule has 0 aliphatic carbocycles. The van der Waals surface area contributed by atoms with Crippen LogP contribution in [0.2, 0.25) is 0 Å². The fourth-order valence-corrected chi connectivity index (χ4v) is 1.21. The number of unbranched alkanes of at least 4 members (excludes halogenated alkanes) is 2. The third kappa shape index (κ3) is 11.9. The van der Waals surface area contributed by atoms with E-state index in [2.05, 4.69) is 4.99 Å². The third-order valence-electron chi connectivity index (χ3n) is 2.18. The van der Waals surface area contributed by atoms with Gasteiger partial charge >= 0.3 is 41.5 Å². The van der Waals surface area contributed by atoms with Crippen LogP contribution in [0.15, 0.2) is 17.1 Å². The van der Waals surface area contributed by atoms with Gasteiger partial charge in [0.2, 0.25) is 0 Å². The second-order valence-electron chi connectivity index (χ2n) is 3.80. The summed E-state index contributed by atoms with van der Waals surface area (Å²) >= 11 is 0. The van der Waals surface area contributed by atoms with E-state index >= 15 is 0 Å². The minimum atomic E-state index is -1.29. The minimum Gasteiger partial charge on any atom is -0.859 e. The van der Waals surface area contributed by atoms with Gasteiger partial charge in [0.05, 0.1) is 0 Å². The molecule has 0 aromatic carbocycles. The number of carboxylic acids is 2. The minimum absolute atomic E-state index is 0. The first-order valence-electron chi connectivity index (χ1n) is 5.83. The first-order valence-corrected chi connectivity index (χ1v) is 5.83. The molecule has 0 amide bonds. The predicted molar refractivity (Wildman–Crippen MR) is 64.4 cm³/mol. The monoisotopic (exact) mass is 279 g/mol. The number of carbonyl (C=O) groups is 2. The number of hydrogen-bond donors (Lipinski definition) is 2. The van der Waals surface area contributed by atoms with E-state index in [1.807, 2.05) is 6.92 Å². The Kier molecular flexibility index (Phi) is 13.1. The quantitative estimate of drug-likeness (QED) is 0.216. The third-order valence-corrected chi connectivity index (χ3v) is 2.18. The zero-order valence-electron chi connectivity index (χ0n) is 11.3. The maximum atomic E-state index is 11.3.